The third-order valence-electron chi connectivity index (χ3n) is 6.36. The van der Waals surface area contributed by atoms with Crippen molar-refractivity contribution in [2.45, 2.75) is 57.2 Å². The highest BCUT2D eigenvalue weighted by Crippen LogP contribution is 2.28. The molecule has 7 heteroatoms. The highest BCUT2D eigenvalue weighted by Gasteiger charge is 2.48. The molecule has 7 nitrogen and oxygen atoms in total. The van der Waals surface area contributed by atoms with E-state index in [1.54, 1.807) is 36.4 Å². The van der Waals surface area contributed by atoms with Crippen LogP contribution in [-0.2, 0) is 26.2 Å². The first kappa shape index (κ1) is 23.0. The number of Topliss-reactive ketones (excluding diaryl/α,β-unsaturated/α-hetero) is 1. The molecule has 4 rings (SSSR count). The van der Waals surface area contributed by atoms with Crippen molar-refractivity contribution < 1.29 is 24.2 Å². The molecule has 0 aliphatic carbocycles. The lowest BCUT2D eigenvalue weighted by Crippen LogP contribution is -2.53. The summed E-state index contributed by atoms with van der Waals surface area (Å²) < 4.78 is 5.51. The molecule has 0 spiro atoms. The summed E-state index contributed by atoms with van der Waals surface area (Å²) in [7, 11) is 0. The molecule has 2 aromatic rings. The van der Waals surface area contributed by atoms with Gasteiger partial charge in [0, 0.05) is 18.5 Å². The van der Waals surface area contributed by atoms with Crippen molar-refractivity contribution in [3.05, 3.63) is 65.2 Å². The van der Waals surface area contributed by atoms with E-state index in [9.17, 15) is 19.5 Å². The second-order valence-corrected chi connectivity index (χ2v) is 9.81. The number of ether oxygens (including phenoxy) is 1. The lowest BCUT2D eigenvalue weighted by atomic mass is 9.86. The molecule has 0 unspecified atom stereocenters. The minimum Gasteiger partial charge on any atom is -0.508 e. The summed E-state index contributed by atoms with van der Waals surface area (Å²) >= 11 is 0. The molecular weight excluding hydrogens is 420 g/mol. The van der Waals surface area contributed by atoms with Gasteiger partial charge in [-0.05, 0) is 47.2 Å². The van der Waals surface area contributed by atoms with Crippen molar-refractivity contribution >= 4 is 17.6 Å². The zero-order valence-electron chi connectivity index (χ0n) is 19.2. The van der Waals surface area contributed by atoms with Crippen molar-refractivity contribution in [3.8, 4) is 5.75 Å². The molecule has 0 bridgehead atoms. The van der Waals surface area contributed by atoms with Crippen LogP contribution in [-0.4, -0.2) is 58.9 Å². The number of nitrogens with zero attached hydrogens (tertiary/aromatic N) is 1. The molecule has 0 radical (unpaired) electrons. The first-order valence-corrected chi connectivity index (χ1v) is 11.3. The van der Waals surface area contributed by atoms with Gasteiger partial charge in [0.15, 0.2) is 5.78 Å². The molecule has 2 amide bonds. The van der Waals surface area contributed by atoms with Crippen LogP contribution in [0.4, 0.5) is 0 Å². The largest absolute Gasteiger partial charge is 0.508 e. The molecule has 2 fully saturated rings. The molecule has 2 aliphatic rings. The van der Waals surface area contributed by atoms with Crippen LogP contribution in [0.2, 0.25) is 0 Å². The Morgan fingerprint density at radius 3 is 2.58 bits per heavy atom. The van der Waals surface area contributed by atoms with E-state index in [4.69, 9.17) is 4.74 Å². The van der Waals surface area contributed by atoms with Gasteiger partial charge in [0.1, 0.15) is 24.4 Å². The normalized spacial score (nSPS) is 21.1. The van der Waals surface area contributed by atoms with Gasteiger partial charge in [-0.25, -0.2) is 0 Å². The van der Waals surface area contributed by atoms with Gasteiger partial charge in [-0.1, -0.05) is 45.0 Å². The van der Waals surface area contributed by atoms with Crippen LogP contribution in [0.3, 0.4) is 0 Å². The number of benzene rings is 2. The number of rotatable bonds is 5. The number of likely N-dealkylation sites (tertiary alicyclic amines) is 1. The summed E-state index contributed by atoms with van der Waals surface area (Å²) in [4.78, 5) is 40.4. The molecule has 2 heterocycles. The van der Waals surface area contributed by atoms with Gasteiger partial charge < -0.3 is 20.1 Å². The monoisotopic (exact) mass is 450 g/mol. The Balaban J connectivity index is 1.56. The summed E-state index contributed by atoms with van der Waals surface area (Å²) in [5.74, 6) is -0.697. The Labute approximate surface area is 193 Å². The van der Waals surface area contributed by atoms with Crippen LogP contribution < -0.4 is 5.32 Å². The lowest BCUT2D eigenvalue weighted by Gasteiger charge is -2.28. The molecular formula is C26H30N2O5. The minimum atomic E-state index is -0.881. The standard InChI is InChI=1S/C26H30N2O5/c1-26(2,3)18-9-7-17(8-10-18)24(31)27-20(14-16-5-4-6-19(29)13-16)25(32)28-12-11-22-23(28)21(30)15-33-22/h4-10,13,20,22-23,29H,11-12,14-15H2,1-3H3,(H,27,31)/t20-,22+,23+/m0/s1. The zero-order chi connectivity index (χ0) is 23.8. The Bertz CT molecular complexity index is 1060. The van der Waals surface area contributed by atoms with Crippen molar-refractivity contribution in [3.63, 3.8) is 0 Å². The predicted molar refractivity (Wildman–Crippen MR) is 123 cm³/mol. The van der Waals surface area contributed by atoms with E-state index in [-0.39, 0.29) is 47.9 Å². The van der Waals surface area contributed by atoms with Crippen LogP contribution in [0.25, 0.3) is 0 Å². The first-order chi connectivity index (χ1) is 15.6. The minimum absolute atomic E-state index is 0.0167. The van der Waals surface area contributed by atoms with Crippen LogP contribution in [0.1, 0.15) is 48.7 Å². The topological polar surface area (TPSA) is 95.9 Å². The quantitative estimate of drug-likeness (QED) is 0.730. The second-order valence-electron chi connectivity index (χ2n) is 9.81. The maximum Gasteiger partial charge on any atom is 0.251 e. The highest BCUT2D eigenvalue weighted by molar-refractivity contribution is 5.99. The number of fused-ring (bicyclic) bond motifs is 1. The molecule has 0 saturated carbocycles. The summed E-state index contributed by atoms with van der Waals surface area (Å²) in [5, 5.41) is 12.7. The molecule has 2 aliphatic heterocycles. The Hall–Kier alpha value is -3.19. The van der Waals surface area contributed by atoms with E-state index >= 15 is 0 Å². The van der Waals surface area contributed by atoms with E-state index in [1.165, 1.54) is 4.90 Å². The summed E-state index contributed by atoms with van der Waals surface area (Å²) in [6.07, 6.45) is 0.522. The third kappa shape index (κ3) is 4.93. The number of ketones is 1. The van der Waals surface area contributed by atoms with Crippen molar-refractivity contribution in [1.82, 2.24) is 10.2 Å². The molecule has 2 aromatic carbocycles. The molecule has 2 N–H and O–H groups in total. The first-order valence-electron chi connectivity index (χ1n) is 11.3. The maximum atomic E-state index is 13.5. The zero-order valence-corrected chi connectivity index (χ0v) is 19.2. The lowest BCUT2D eigenvalue weighted by molar-refractivity contribution is -0.138. The van der Waals surface area contributed by atoms with Crippen molar-refractivity contribution in [2.24, 2.45) is 0 Å². The van der Waals surface area contributed by atoms with E-state index in [1.807, 2.05) is 12.1 Å². The fourth-order valence-corrected chi connectivity index (χ4v) is 4.52. The van der Waals surface area contributed by atoms with Crippen molar-refractivity contribution in [2.75, 3.05) is 13.2 Å². The SMILES string of the molecule is CC(C)(C)c1ccc(C(=O)N[C@@H](Cc2cccc(O)c2)C(=O)N2CC[C@H]3OCC(=O)[C@H]32)cc1. The average Bonchev–Trinajstić information content (AvgIpc) is 3.35. The Morgan fingerprint density at radius 1 is 1.18 bits per heavy atom. The van der Waals surface area contributed by atoms with Gasteiger partial charge in [0.05, 0.1) is 6.10 Å². The molecule has 2 saturated heterocycles. The van der Waals surface area contributed by atoms with Crippen LogP contribution in [0.5, 0.6) is 5.75 Å². The highest BCUT2D eigenvalue weighted by atomic mass is 16.5. The average molecular weight is 451 g/mol. The molecule has 33 heavy (non-hydrogen) atoms. The van der Waals surface area contributed by atoms with E-state index in [0.717, 1.165) is 5.56 Å². The summed E-state index contributed by atoms with van der Waals surface area (Å²) in [6.45, 7) is 6.73. The molecule has 3 atom stereocenters. The van der Waals surface area contributed by atoms with E-state index in [0.29, 0.717) is 24.1 Å². The summed E-state index contributed by atoms with van der Waals surface area (Å²) in [6, 6.07) is 12.5. The van der Waals surface area contributed by atoms with Gasteiger partial charge in [0.2, 0.25) is 5.91 Å². The van der Waals surface area contributed by atoms with Crippen molar-refractivity contribution in [1.29, 1.82) is 0 Å². The van der Waals surface area contributed by atoms with Gasteiger partial charge in [-0.3, -0.25) is 14.4 Å². The van der Waals surface area contributed by atoms with Crippen LogP contribution in [0.15, 0.2) is 48.5 Å². The van der Waals surface area contributed by atoms with Crippen LogP contribution in [0, 0.1) is 0 Å². The third-order valence-corrected chi connectivity index (χ3v) is 6.36. The predicted octanol–water partition coefficient (Wildman–Crippen LogP) is 2.60. The number of hydrogen-bond acceptors (Lipinski definition) is 5. The van der Waals surface area contributed by atoms with Gasteiger partial charge in [0.25, 0.3) is 5.91 Å². The van der Waals surface area contributed by atoms with E-state index in [2.05, 4.69) is 26.1 Å². The van der Waals surface area contributed by atoms with Gasteiger partial charge >= 0.3 is 0 Å². The van der Waals surface area contributed by atoms with Gasteiger partial charge in [-0.2, -0.15) is 0 Å². The van der Waals surface area contributed by atoms with Gasteiger partial charge in [-0.15, -0.1) is 0 Å². The van der Waals surface area contributed by atoms with E-state index < -0.39 is 12.1 Å². The number of hydrogen-bond donors (Lipinski definition) is 2. The number of nitrogens with one attached hydrogen (secondary N) is 1. The number of phenolic OH excluding ortho intramolecular Hbond substituents is 1. The molecule has 174 valence electrons. The number of carbonyl (C=O) groups is 3. The number of phenols is 1. The summed E-state index contributed by atoms with van der Waals surface area (Å²) in [5.41, 5.74) is 2.23. The number of aromatic hydroxyl groups is 1. The number of amides is 2. The molecule has 0 aromatic heterocycles. The maximum absolute atomic E-state index is 13.5. The number of carbonyl (C=O) groups excluding carboxylic acids is 3. The van der Waals surface area contributed by atoms with Crippen LogP contribution >= 0.6 is 0 Å². The fraction of sp³-hybridized carbons (Fsp3) is 0.423. The Kier molecular flexibility index (Phi) is 6.26. The fourth-order valence-electron chi connectivity index (χ4n) is 4.52. The second kappa shape index (κ2) is 8.98. The Morgan fingerprint density at radius 2 is 1.91 bits per heavy atom. The smallest absolute Gasteiger partial charge is 0.251 e.